The fraction of sp³-hybridized carbons (Fsp3) is 0.556. The molecule has 122 valence electrons. The van der Waals surface area contributed by atoms with Crippen LogP contribution in [0.15, 0.2) is 24.3 Å². The van der Waals surface area contributed by atoms with E-state index in [0.29, 0.717) is 19.1 Å². The normalized spacial score (nSPS) is 19.5. The van der Waals surface area contributed by atoms with E-state index in [1.807, 2.05) is 0 Å². The predicted molar refractivity (Wildman–Crippen MR) is 84.8 cm³/mol. The second kappa shape index (κ2) is 6.67. The van der Waals surface area contributed by atoms with Crippen LogP contribution in [0.5, 0.6) is 0 Å². The lowest BCUT2D eigenvalue weighted by molar-refractivity contribution is -0.123. The van der Waals surface area contributed by atoms with Crippen molar-refractivity contribution in [2.24, 2.45) is 0 Å². The average molecular weight is 315 g/mol. The fourth-order valence-corrected chi connectivity index (χ4v) is 3.31. The van der Waals surface area contributed by atoms with Crippen LogP contribution in [0.2, 0.25) is 0 Å². The number of halogens is 1. The Labute approximate surface area is 136 Å². The number of nitrogens with zero attached hydrogens (tertiary/aromatic N) is 2. The van der Waals surface area contributed by atoms with Crippen molar-refractivity contribution in [1.82, 2.24) is 10.2 Å². The third-order valence-corrected chi connectivity index (χ3v) is 4.76. The molecule has 1 N–H and O–H groups in total. The standard InChI is InChI=1S/C18H22FN3O/c19-15-5-3-14(4-6-15)11-22(16-7-8-16)12-17(23)21-18(13-20)9-1-2-10-18/h3-6,16H,1-2,7-12H2,(H,21,23). The van der Waals surface area contributed by atoms with Crippen LogP contribution in [0.3, 0.4) is 0 Å². The summed E-state index contributed by atoms with van der Waals surface area (Å²) in [5, 5.41) is 12.3. The molecule has 0 aromatic heterocycles. The van der Waals surface area contributed by atoms with Gasteiger partial charge in [0.25, 0.3) is 0 Å². The molecule has 0 unspecified atom stereocenters. The molecule has 0 atom stereocenters. The van der Waals surface area contributed by atoms with Crippen molar-refractivity contribution in [2.45, 2.75) is 56.7 Å². The molecular weight excluding hydrogens is 293 g/mol. The maximum Gasteiger partial charge on any atom is 0.235 e. The lowest BCUT2D eigenvalue weighted by Gasteiger charge is -2.26. The molecule has 2 aliphatic carbocycles. The van der Waals surface area contributed by atoms with Crippen LogP contribution in [0.4, 0.5) is 4.39 Å². The smallest absolute Gasteiger partial charge is 0.235 e. The Balaban J connectivity index is 1.60. The van der Waals surface area contributed by atoms with Gasteiger partial charge in [-0.05, 0) is 56.2 Å². The highest BCUT2D eigenvalue weighted by molar-refractivity contribution is 5.79. The minimum atomic E-state index is -0.665. The lowest BCUT2D eigenvalue weighted by atomic mass is 10.00. The Morgan fingerprint density at radius 3 is 2.52 bits per heavy atom. The lowest BCUT2D eigenvalue weighted by Crippen LogP contribution is -2.49. The van der Waals surface area contributed by atoms with Gasteiger partial charge in [0.1, 0.15) is 11.4 Å². The Hall–Kier alpha value is -1.93. The maximum absolute atomic E-state index is 13.0. The van der Waals surface area contributed by atoms with Crippen molar-refractivity contribution >= 4 is 5.91 Å². The van der Waals surface area contributed by atoms with E-state index in [1.165, 1.54) is 12.1 Å². The van der Waals surface area contributed by atoms with Gasteiger partial charge in [-0.1, -0.05) is 12.1 Å². The third kappa shape index (κ3) is 4.08. The Kier molecular flexibility index (Phi) is 4.63. The van der Waals surface area contributed by atoms with Crippen LogP contribution >= 0.6 is 0 Å². The summed E-state index contributed by atoms with van der Waals surface area (Å²) < 4.78 is 13.0. The van der Waals surface area contributed by atoms with Gasteiger partial charge in [-0.3, -0.25) is 9.69 Å². The monoisotopic (exact) mass is 315 g/mol. The molecule has 3 rings (SSSR count). The zero-order chi connectivity index (χ0) is 16.3. The second-order valence-corrected chi connectivity index (χ2v) is 6.71. The average Bonchev–Trinajstić information content (AvgIpc) is 3.29. The van der Waals surface area contributed by atoms with E-state index in [9.17, 15) is 14.4 Å². The van der Waals surface area contributed by atoms with Gasteiger partial charge in [0.15, 0.2) is 0 Å². The van der Waals surface area contributed by atoms with Gasteiger partial charge >= 0.3 is 0 Å². The van der Waals surface area contributed by atoms with Crippen molar-refractivity contribution in [1.29, 1.82) is 5.26 Å². The first-order chi connectivity index (χ1) is 11.1. The molecule has 0 spiro atoms. The van der Waals surface area contributed by atoms with Crippen molar-refractivity contribution in [3.63, 3.8) is 0 Å². The summed E-state index contributed by atoms with van der Waals surface area (Å²) in [5.74, 6) is -0.330. The number of nitrogens with one attached hydrogen (secondary N) is 1. The van der Waals surface area contributed by atoms with Crippen molar-refractivity contribution in [3.8, 4) is 6.07 Å². The van der Waals surface area contributed by atoms with Crippen LogP contribution in [-0.4, -0.2) is 28.9 Å². The van der Waals surface area contributed by atoms with Crippen LogP contribution in [0.25, 0.3) is 0 Å². The molecule has 23 heavy (non-hydrogen) atoms. The summed E-state index contributed by atoms with van der Waals surface area (Å²) in [4.78, 5) is 14.5. The van der Waals surface area contributed by atoms with E-state index < -0.39 is 5.54 Å². The molecule has 0 bridgehead atoms. The third-order valence-electron chi connectivity index (χ3n) is 4.76. The minimum Gasteiger partial charge on any atom is -0.337 e. The zero-order valence-electron chi connectivity index (χ0n) is 13.2. The number of benzene rings is 1. The van der Waals surface area contributed by atoms with Crippen LogP contribution in [0, 0.1) is 17.1 Å². The predicted octanol–water partition coefficient (Wildman–Crippen LogP) is 2.74. The van der Waals surface area contributed by atoms with Gasteiger partial charge in [0.2, 0.25) is 5.91 Å². The van der Waals surface area contributed by atoms with Gasteiger partial charge in [-0.2, -0.15) is 5.26 Å². The van der Waals surface area contributed by atoms with E-state index in [1.54, 1.807) is 12.1 Å². The van der Waals surface area contributed by atoms with Crippen molar-refractivity contribution in [2.75, 3.05) is 6.54 Å². The SMILES string of the molecule is N#CC1(NC(=O)CN(Cc2ccc(F)cc2)C2CC2)CCCC1. The molecule has 0 radical (unpaired) electrons. The van der Waals surface area contributed by atoms with Gasteiger partial charge in [0, 0.05) is 12.6 Å². The summed E-state index contributed by atoms with van der Waals surface area (Å²) in [7, 11) is 0. The van der Waals surface area contributed by atoms with Gasteiger partial charge in [-0.25, -0.2) is 4.39 Å². The number of hydrogen-bond acceptors (Lipinski definition) is 3. The van der Waals surface area contributed by atoms with Crippen LogP contribution in [-0.2, 0) is 11.3 Å². The Morgan fingerprint density at radius 2 is 1.96 bits per heavy atom. The molecule has 1 amide bonds. The number of carbonyl (C=O) groups excluding carboxylic acids is 1. The molecule has 1 aromatic carbocycles. The zero-order valence-corrected chi connectivity index (χ0v) is 13.2. The number of carbonyl (C=O) groups is 1. The molecule has 2 aliphatic rings. The maximum atomic E-state index is 13.0. The highest BCUT2D eigenvalue weighted by atomic mass is 19.1. The number of amides is 1. The number of rotatable bonds is 6. The largest absolute Gasteiger partial charge is 0.337 e. The Bertz CT molecular complexity index is 598. The molecule has 5 heteroatoms. The molecule has 2 fully saturated rings. The van der Waals surface area contributed by atoms with Crippen molar-refractivity contribution in [3.05, 3.63) is 35.6 Å². The number of hydrogen-bond donors (Lipinski definition) is 1. The molecular formula is C18H22FN3O. The second-order valence-electron chi connectivity index (χ2n) is 6.71. The molecule has 2 saturated carbocycles. The highest BCUT2D eigenvalue weighted by Crippen LogP contribution is 2.30. The molecule has 4 nitrogen and oxygen atoms in total. The Morgan fingerprint density at radius 1 is 1.30 bits per heavy atom. The van der Waals surface area contributed by atoms with Gasteiger partial charge in [-0.15, -0.1) is 0 Å². The topological polar surface area (TPSA) is 56.1 Å². The summed E-state index contributed by atoms with van der Waals surface area (Å²) in [6, 6.07) is 9.13. The first kappa shape index (κ1) is 15.9. The quantitative estimate of drug-likeness (QED) is 0.878. The van der Waals surface area contributed by atoms with Gasteiger partial charge < -0.3 is 5.32 Å². The van der Waals surface area contributed by atoms with E-state index in [0.717, 1.165) is 44.1 Å². The molecule has 0 aliphatic heterocycles. The summed E-state index contributed by atoms with van der Waals surface area (Å²) in [6.07, 6.45) is 5.68. The highest BCUT2D eigenvalue weighted by Gasteiger charge is 2.37. The fourth-order valence-electron chi connectivity index (χ4n) is 3.31. The van der Waals surface area contributed by atoms with E-state index in [2.05, 4.69) is 16.3 Å². The first-order valence-electron chi connectivity index (χ1n) is 8.31. The molecule has 1 aromatic rings. The number of nitriles is 1. The summed E-state index contributed by atoms with van der Waals surface area (Å²) in [6.45, 7) is 0.934. The van der Waals surface area contributed by atoms with E-state index in [-0.39, 0.29) is 11.7 Å². The summed E-state index contributed by atoms with van der Waals surface area (Å²) in [5.41, 5.74) is 0.337. The van der Waals surface area contributed by atoms with Gasteiger partial charge in [0.05, 0.1) is 12.6 Å². The van der Waals surface area contributed by atoms with Crippen molar-refractivity contribution < 1.29 is 9.18 Å². The minimum absolute atomic E-state index is 0.0811. The van der Waals surface area contributed by atoms with Crippen LogP contribution < -0.4 is 5.32 Å². The van der Waals surface area contributed by atoms with E-state index >= 15 is 0 Å². The summed E-state index contributed by atoms with van der Waals surface area (Å²) >= 11 is 0. The van der Waals surface area contributed by atoms with E-state index in [4.69, 9.17) is 0 Å². The first-order valence-corrected chi connectivity index (χ1v) is 8.31. The van der Waals surface area contributed by atoms with Crippen LogP contribution in [0.1, 0.15) is 44.1 Å². The molecule has 0 saturated heterocycles. The molecule has 0 heterocycles.